The second kappa shape index (κ2) is 26.9. The van der Waals surface area contributed by atoms with Crippen molar-refractivity contribution >= 4 is 17.7 Å². The monoisotopic (exact) mass is 729 g/mol. The molecule has 2 N–H and O–H groups in total. The number of allylic oxidation sites excluding steroid dienone is 2. The Hall–Kier alpha value is -2.76. The van der Waals surface area contributed by atoms with Crippen LogP contribution < -0.4 is 5.32 Å². The molecule has 298 valence electrons. The molecule has 1 fully saturated rings. The molecule has 11 heteroatoms. The third-order valence-corrected chi connectivity index (χ3v) is 10.2. The fourth-order valence-corrected chi connectivity index (χ4v) is 7.06. The molecule has 0 radical (unpaired) electrons. The van der Waals surface area contributed by atoms with Crippen molar-refractivity contribution in [3.8, 4) is 0 Å². The van der Waals surface area contributed by atoms with Crippen molar-refractivity contribution in [2.24, 2.45) is 0 Å². The number of hydrogen-bond acceptors (Lipinski definition) is 7. The highest BCUT2D eigenvalue weighted by Crippen LogP contribution is 2.24. The van der Waals surface area contributed by atoms with Crippen LogP contribution in [-0.2, 0) is 20.8 Å². The van der Waals surface area contributed by atoms with Gasteiger partial charge in [0.05, 0.1) is 12.4 Å². The predicted octanol–water partition coefficient (Wildman–Crippen LogP) is 5.74. The van der Waals surface area contributed by atoms with Crippen LogP contribution in [0.5, 0.6) is 0 Å². The smallest absolute Gasteiger partial charge is 0.245 e. The van der Waals surface area contributed by atoms with Crippen LogP contribution >= 0.6 is 0 Å². The van der Waals surface area contributed by atoms with Gasteiger partial charge >= 0.3 is 0 Å². The number of unbranched alkanes of at least 4 members (excludes halogenated alkanes) is 11. The van der Waals surface area contributed by atoms with E-state index >= 15 is 0 Å². The summed E-state index contributed by atoms with van der Waals surface area (Å²) < 4.78 is 0. The molecule has 1 saturated heterocycles. The Morgan fingerprint density at radius 2 is 1.40 bits per heavy atom. The number of amides is 3. The Morgan fingerprint density at radius 1 is 0.827 bits per heavy atom. The number of aromatic amines is 1. The van der Waals surface area contributed by atoms with E-state index in [9.17, 15) is 14.4 Å². The van der Waals surface area contributed by atoms with Gasteiger partial charge in [-0.15, -0.1) is 0 Å². The molecule has 11 nitrogen and oxygen atoms in total. The number of hydrogen-bond donors (Lipinski definition) is 2. The first-order valence-electron chi connectivity index (χ1n) is 20.5. The topological polar surface area (TPSA) is 108 Å². The summed E-state index contributed by atoms with van der Waals surface area (Å²) in [7, 11) is 12.0. The fraction of sp³-hybridized carbons (Fsp3) is 0.805. The molecule has 3 amide bonds. The van der Waals surface area contributed by atoms with Gasteiger partial charge in [-0.3, -0.25) is 19.3 Å². The number of imidazole rings is 1. The molecule has 52 heavy (non-hydrogen) atoms. The van der Waals surface area contributed by atoms with Crippen LogP contribution in [0.25, 0.3) is 0 Å². The summed E-state index contributed by atoms with van der Waals surface area (Å²) in [5.74, 6) is -0.0917. The van der Waals surface area contributed by atoms with Crippen molar-refractivity contribution in [1.29, 1.82) is 0 Å². The average molecular weight is 729 g/mol. The van der Waals surface area contributed by atoms with E-state index in [1.807, 2.05) is 52.1 Å². The molecule has 0 spiro atoms. The maximum atomic E-state index is 14.3. The minimum atomic E-state index is -0.611. The van der Waals surface area contributed by atoms with Gasteiger partial charge in [0.15, 0.2) is 0 Å². The third kappa shape index (κ3) is 18.8. The zero-order chi connectivity index (χ0) is 38.1. The molecular weight excluding hydrogens is 653 g/mol. The van der Waals surface area contributed by atoms with E-state index in [0.717, 1.165) is 57.3 Å². The van der Waals surface area contributed by atoms with Crippen LogP contribution in [-0.4, -0.2) is 145 Å². The number of likely N-dealkylation sites (N-methyl/N-ethyl adjacent to an activating group) is 1. The van der Waals surface area contributed by atoms with Gasteiger partial charge in [0.25, 0.3) is 0 Å². The molecule has 3 atom stereocenters. The van der Waals surface area contributed by atoms with Crippen LogP contribution in [0.1, 0.15) is 122 Å². The zero-order valence-electron chi connectivity index (χ0n) is 34.2. The van der Waals surface area contributed by atoms with Gasteiger partial charge in [-0.25, -0.2) is 4.98 Å². The van der Waals surface area contributed by atoms with Crippen LogP contribution in [0.4, 0.5) is 0 Å². The molecule has 1 aromatic rings. The highest BCUT2D eigenvalue weighted by atomic mass is 16.2. The molecule has 1 aromatic heterocycles. The summed E-state index contributed by atoms with van der Waals surface area (Å²) in [5, 5.41) is 3.21. The molecule has 1 aliphatic heterocycles. The van der Waals surface area contributed by atoms with E-state index < -0.39 is 12.1 Å². The molecule has 1 aliphatic rings. The first-order valence-corrected chi connectivity index (χ1v) is 20.5. The number of nitrogens with zero attached hydrogens (tertiary/aromatic N) is 6. The molecule has 0 aromatic carbocycles. The number of carbonyl (C=O) groups is 3. The standard InChI is InChI=1S/C41H76N8O3/c1-8-9-10-11-12-13-14-15-16-17-18-19-20-21-22-25-39(50)44-36-31-38(40(51)48(28-23-26-45(2)3)29-24-27-46(4)5)49(33-36)41(52)37(47(6)7)30-35-32-42-34-43-35/h15-16,32,34,36-38H,8-14,17-31,33H2,1-7H3,(H,42,43)(H,44,50)/b16-15-/t36-,37?,38-/m0/s1. The summed E-state index contributed by atoms with van der Waals surface area (Å²) >= 11 is 0. The summed E-state index contributed by atoms with van der Waals surface area (Å²) in [4.78, 5) is 58.9. The van der Waals surface area contributed by atoms with E-state index in [1.54, 1.807) is 17.4 Å². The number of carbonyl (C=O) groups excluding carboxylic acids is 3. The molecule has 2 rings (SSSR count). The Kier molecular flexibility index (Phi) is 23.5. The molecule has 2 heterocycles. The minimum Gasteiger partial charge on any atom is -0.351 e. The van der Waals surface area contributed by atoms with Gasteiger partial charge in [0.2, 0.25) is 17.7 Å². The van der Waals surface area contributed by atoms with Crippen LogP contribution in [0, 0.1) is 0 Å². The van der Waals surface area contributed by atoms with Crippen molar-refractivity contribution < 1.29 is 14.4 Å². The number of aromatic nitrogens is 2. The van der Waals surface area contributed by atoms with Gasteiger partial charge < -0.3 is 29.9 Å². The number of likely N-dealkylation sites (tertiary alicyclic amines) is 1. The summed E-state index contributed by atoms with van der Waals surface area (Å²) in [6.07, 6.45) is 27.0. The molecule has 0 aliphatic carbocycles. The van der Waals surface area contributed by atoms with E-state index in [-0.39, 0.29) is 23.8 Å². The maximum absolute atomic E-state index is 14.3. The zero-order valence-corrected chi connectivity index (χ0v) is 34.2. The van der Waals surface area contributed by atoms with Crippen LogP contribution in [0.15, 0.2) is 24.7 Å². The minimum absolute atomic E-state index is 0.0126. The van der Waals surface area contributed by atoms with Gasteiger partial charge in [-0.2, -0.15) is 0 Å². The lowest BCUT2D eigenvalue weighted by atomic mass is 10.1. The lowest BCUT2D eigenvalue weighted by Crippen LogP contribution is -2.54. The van der Waals surface area contributed by atoms with Crippen LogP contribution in [0.3, 0.4) is 0 Å². The Labute approximate surface area is 317 Å². The molecule has 0 bridgehead atoms. The average Bonchev–Trinajstić information content (AvgIpc) is 3.77. The Morgan fingerprint density at radius 3 is 1.94 bits per heavy atom. The summed E-state index contributed by atoms with van der Waals surface area (Å²) in [6, 6.07) is -1.33. The Bertz CT molecular complexity index is 1110. The van der Waals surface area contributed by atoms with Gasteiger partial charge in [0, 0.05) is 50.4 Å². The third-order valence-electron chi connectivity index (χ3n) is 10.2. The second-order valence-electron chi connectivity index (χ2n) is 15.7. The van der Waals surface area contributed by atoms with Gasteiger partial charge in [-0.1, -0.05) is 70.4 Å². The van der Waals surface area contributed by atoms with Crippen molar-refractivity contribution in [1.82, 2.24) is 39.8 Å². The quantitative estimate of drug-likeness (QED) is 0.0801. The van der Waals surface area contributed by atoms with E-state index in [2.05, 4.69) is 44.2 Å². The van der Waals surface area contributed by atoms with E-state index in [4.69, 9.17) is 0 Å². The highest BCUT2D eigenvalue weighted by Gasteiger charge is 2.44. The van der Waals surface area contributed by atoms with Crippen molar-refractivity contribution in [2.45, 2.75) is 141 Å². The molecule has 0 saturated carbocycles. The number of nitrogens with one attached hydrogen (secondary N) is 2. The molecule has 1 unspecified atom stereocenters. The van der Waals surface area contributed by atoms with E-state index in [0.29, 0.717) is 38.9 Å². The summed E-state index contributed by atoms with van der Waals surface area (Å²) in [6.45, 7) is 5.64. The fourth-order valence-electron chi connectivity index (χ4n) is 7.06. The lowest BCUT2D eigenvalue weighted by Gasteiger charge is -2.34. The number of H-pyrrole nitrogens is 1. The number of rotatable bonds is 29. The highest BCUT2D eigenvalue weighted by molar-refractivity contribution is 5.91. The van der Waals surface area contributed by atoms with E-state index in [1.165, 1.54) is 57.8 Å². The predicted molar refractivity (Wildman–Crippen MR) is 214 cm³/mol. The second-order valence-corrected chi connectivity index (χ2v) is 15.7. The summed E-state index contributed by atoms with van der Waals surface area (Å²) in [5.41, 5.74) is 0.868. The lowest BCUT2D eigenvalue weighted by molar-refractivity contribution is -0.146. The van der Waals surface area contributed by atoms with Crippen molar-refractivity contribution in [3.63, 3.8) is 0 Å². The first kappa shape index (κ1) is 45.4. The van der Waals surface area contributed by atoms with Crippen molar-refractivity contribution in [3.05, 3.63) is 30.4 Å². The largest absolute Gasteiger partial charge is 0.351 e. The van der Waals surface area contributed by atoms with Crippen LogP contribution in [0.2, 0.25) is 0 Å². The normalized spacial score (nSPS) is 16.8. The van der Waals surface area contributed by atoms with Gasteiger partial charge in [0.1, 0.15) is 6.04 Å². The van der Waals surface area contributed by atoms with Gasteiger partial charge in [-0.05, 0) is 107 Å². The first-order chi connectivity index (χ1) is 25.0. The SMILES string of the molecule is CCCCCCCC/C=C\CCCCCCCC(=O)N[C@H]1C[C@@H](C(=O)N(CCCN(C)C)CCCN(C)C)N(C(=O)C(Cc2cnc[nH]2)N(C)C)C1. The maximum Gasteiger partial charge on any atom is 0.245 e. The Balaban J connectivity index is 1.94. The van der Waals surface area contributed by atoms with Crippen molar-refractivity contribution in [2.75, 3.05) is 75.0 Å². The molecular formula is C41H76N8O3.